The first-order valence-electron chi connectivity index (χ1n) is 7.72. The van der Waals surface area contributed by atoms with Gasteiger partial charge in [-0.3, -0.25) is 4.79 Å². The first-order valence-corrected chi connectivity index (χ1v) is 9.18. The van der Waals surface area contributed by atoms with Gasteiger partial charge in [-0.1, -0.05) is 23.7 Å². The van der Waals surface area contributed by atoms with E-state index < -0.39 is 17.0 Å². The number of hydrogen-bond acceptors (Lipinski definition) is 2. The van der Waals surface area contributed by atoms with Crippen LogP contribution < -0.4 is 5.32 Å². The standard InChI is InChI=1S/C18H15ClF2INO2/c19-12-3-1-11(2-4-12)18(5-7-25-8-6-18)17(24)23-13-9-14(20)16(22)15(21)10-13/h1-4,9-10H,5-8H2,(H,23,24). The number of hydrogen-bond donors (Lipinski definition) is 1. The van der Waals surface area contributed by atoms with Crippen molar-refractivity contribution in [3.8, 4) is 0 Å². The quantitative estimate of drug-likeness (QED) is 0.504. The summed E-state index contributed by atoms with van der Waals surface area (Å²) in [7, 11) is 0. The van der Waals surface area contributed by atoms with Crippen molar-refractivity contribution >= 4 is 45.8 Å². The molecule has 1 aliphatic heterocycles. The monoisotopic (exact) mass is 477 g/mol. The molecule has 0 bridgehead atoms. The average molecular weight is 478 g/mol. The van der Waals surface area contributed by atoms with E-state index in [9.17, 15) is 13.6 Å². The Morgan fingerprint density at radius 3 is 2.24 bits per heavy atom. The lowest BCUT2D eigenvalue weighted by molar-refractivity contribution is -0.125. The van der Waals surface area contributed by atoms with E-state index in [0.29, 0.717) is 31.1 Å². The molecule has 7 heteroatoms. The number of ether oxygens (including phenoxy) is 1. The maximum atomic E-state index is 13.8. The van der Waals surface area contributed by atoms with Crippen LogP contribution in [0.3, 0.4) is 0 Å². The topological polar surface area (TPSA) is 38.3 Å². The van der Waals surface area contributed by atoms with Crippen molar-refractivity contribution in [2.75, 3.05) is 18.5 Å². The second-order valence-electron chi connectivity index (χ2n) is 5.91. The summed E-state index contributed by atoms with van der Waals surface area (Å²) in [5.74, 6) is -1.72. The second-order valence-corrected chi connectivity index (χ2v) is 7.42. The van der Waals surface area contributed by atoms with Crippen LogP contribution in [0.5, 0.6) is 0 Å². The van der Waals surface area contributed by atoms with Gasteiger partial charge in [0.15, 0.2) is 0 Å². The molecule has 3 nitrogen and oxygen atoms in total. The van der Waals surface area contributed by atoms with E-state index in [1.807, 2.05) is 12.1 Å². The van der Waals surface area contributed by atoms with Crippen LogP contribution in [0.2, 0.25) is 5.02 Å². The number of benzene rings is 2. The third kappa shape index (κ3) is 3.80. The zero-order valence-electron chi connectivity index (χ0n) is 13.1. The van der Waals surface area contributed by atoms with Gasteiger partial charge in [0.05, 0.1) is 8.99 Å². The molecule has 1 saturated heterocycles. The molecule has 25 heavy (non-hydrogen) atoms. The maximum Gasteiger partial charge on any atom is 0.235 e. The molecule has 0 aromatic heterocycles. The van der Waals surface area contributed by atoms with Crippen molar-refractivity contribution in [1.29, 1.82) is 0 Å². The third-order valence-corrected chi connectivity index (χ3v) is 5.70. The van der Waals surface area contributed by atoms with Crippen molar-refractivity contribution in [3.05, 3.63) is 62.2 Å². The molecule has 0 atom stereocenters. The molecule has 2 aromatic carbocycles. The van der Waals surface area contributed by atoms with Crippen molar-refractivity contribution in [3.63, 3.8) is 0 Å². The van der Waals surface area contributed by atoms with Gasteiger partial charge in [0.2, 0.25) is 5.91 Å². The zero-order chi connectivity index (χ0) is 18.0. The summed E-state index contributed by atoms with van der Waals surface area (Å²) >= 11 is 7.53. The largest absolute Gasteiger partial charge is 0.381 e. The molecule has 0 radical (unpaired) electrons. The highest BCUT2D eigenvalue weighted by Crippen LogP contribution is 2.37. The number of halogens is 4. The van der Waals surface area contributed by atoms with Crippen LogP contribution in [0.1, 0.15) is 18.4 Å². The van der Waals surface area contributed by atoms with Crippen molar-refractivity contribution < 1.29 is 18.3 Å². The maximum absolute atomic E-state index is 13.8. The van der Waals surface area contributed by atoms with Gasteiger partial charge in [0, 0.05) is 23.9 Å². The minimum Gasteiger partial charge on any atom is -0.381 e. The Kier molecular flexibility index (Phi) is 5.60. The van der Waals surface area contributed by atoms with Gasteiger partial charge in [0.25, 0.3) is 0 Å². The summed E-state index contributed by atoms with van der Waals surface area (Å²) in [5, 5.41) is 3.24. The lowest BCUT2D eigenvalue weighted by Gasteiger charge is -2.36. The smallest absolute Gasteiger partial charge is 0.235 e. The van der Waals surface area contributed by atoms with E-state index in [1.165, 1.54) is 0 Å². The number of rotatable bonds is 3. The van der Waals surface area contributed by atoms with E-state index >= 15 is 0 Å². The van der Waals surface area contributed by atoms with E-state index in [4.69, 9.17) is 16.3 Å². The lowest BCUT2D eigenvalue weighted by Crippen LogP contribution is -2.44. The number of anilines is 1. The highest BCUT2D eigenvalue weighted by atomic mass is 127. The fraction of sp³-hybridized carbons (Fsp3) is 0.278. The SMILES string of the molecule is O=C(Nc1cc(F)c(I)c(F)c1)C1(c2ccc(Cl)cc2)CCOCC1. The molecule has 0 saturated carbocycles. The molecule has 1 fully saturated rings. The van der Waals surface area contributed by atoms with Crippen LogP contribution in [0.25, 0.3) is 0 Å². The molecule has 3 rings (SSSR count). The van der Waals surface area contributed by atoms with E-state index in [1.54, 1.807) is 34.7 Å². The Bertz CT molecular complexity index is 769. The summed E-state index contributed by atoms with van der Waals surface area (Å²) in [4.78, 5) is 13.0. The normalized spacial score (nSPS) is 16.5. The summed E-state index contributed by atoms with van der Waals surface area (Å²) < 4.78 is 32.8. The average Bonchev–Trinajstić information content (AvgIpc) is 2.60. The first kappa shape index (κ1) is 18.5. The van der Waals surface area contributed by atoms with Crippen LogP contribution in [-0.4, -0.2) is 19.1 Å². The highest BCUT2D eigenvalue weighted by Gasteiger charge is 2.41. The van der Waals surface area contributed by atoms with Gasteiger partial charge < -0.3 is 10.1 Å². The Hall–Kier alpha value is -1.25. The summed E-state index contributed by atoms with van der Waals surface area (Å²) in [5.41, 5.74) is 0.0862. The molecule has 1 heterocycles. The molecule has 1 aliphatic rings. The molecule has 1 N–H and O–H groups in total. The predicted octanol–water partition coefficient (Wildman–Crippen LogP) is 4.91. The van der Waals surface area contributed by atoms with Crippen LogP contribution in [-0.2, 0) is 14.9 Å². The number of carbonyl (C=O) groups is 1. The fourth-order valence-electron chi connectivity index (χ4n) is 3.01. The molecular formula is C18H15ClF2INO2. The molecule has 0 aliphatic carbocycles. The lowest BCUT2D eigenvalue weighted by atomic mass is 9.73. The van der Waals surface area contributed by atoms with Crippen LogP contribution in [0.4, 0.5) is 14.5 Å². The first-order chi connectivity index (χ1) is 11.9. The molecule has 2 aromatic rings. The Morgan fingerprint density at radius 1 is 1.12 bits per heavy atom. The fourth-order valence-corrected chi connectivity index (χ4v) is 3.45. The van der Waals surface area contributed by atoms with Gasteiger partial charge in [-0.05, 0) is 65.3 Å². The van der Waals surface area contributed by atoms with Crippen LogP contribution in [0, 0.1) is 15.2 Å². The molecule has 0 spiro atoms. The van der Waals surface area contributed by atoms with Gasteiger partial charge in [-0.25, -0.2) is 8.78 Å². The van der Waals surface area contributed by atoms with E-state index in [0.717, 1.165) is 17.7 Å². The number of nitrogens with one attached hydrogen (secondary N) is 1. The molecule has 132 valence electrons. The highest BCUT2D eigenvalue weighted by molar-refractivity contribution is 14.1. The Labute approximate surface area is 162 Å². The minimum absolute atomic E-state index is 0.0975. The number of carbonyl (C=O) groups excluding carboxylic acids is 1. The van der Waals surface area contributed by atoms with Crippen LogP contribution >= 0.6 is 34.2 Å². The Morgan fingerprint density at radius 2 is 1.68 bits per heavy atom. The molecular weight excluding hydrogens is 463 g/mol. The third-order valence-electron chi connectivity index (χ3n) is 4.42. The second kappa shape index (κ2) is 7.55. The van der Waals surface area contributed by atoms with Crippen molar-refractivity contribution in [2.24, 2.45) is 0 Å². The van der Waals surface area contributed by atoms with E-state index in [2.05, 4.69) is 5.32 Å². The van der Waals surface area contributed by atoms with Gasteiger partial charge in [0.1, 0.15) is 11.6 Å². The minimum atomic E-state index is -0.821. The Balaban J connectivity index is 1.94. The zero-order valence-corrected chi connectivity index (χ0v) is 16.0. The summed E-state index contributed by atoms with van der Waals surface area (Å²) in [6.45, 7) is 0.872. The molecule has 0 unspecified atom stereocenters. The van der Waals surface area contributed by atoms with Gasteiger partial charge in [-0.2, -0.15) is 0 Å². The molecule has 1 amide bonds. The summed E-state index contributed by atoms with van der Waals surface area (Å²) in [6.07, 6.45) is 0.964. The van der Waals surface area contributed by atoms with Crippen LogP contribution in [0.15, 0.2) is 36.4 Å². The predicted molar refractivity (Wildman–Crippen MR) is 101 cm³/mol. The van der Waals surface area contributed by atoms with E-state index in [-0.39, 0.29) is 15.2 Å². The number of amides is 1. The van der Waals surface area contributed by atoms with Crippen molar-refractivity contribution in [1.82, 2.24) is 0 Å². The van der Waals surface area contributed by atoms with Crippen molar-refractivity contribution in [2.45, 2.75) is 18.3 Å². The van der Waals surface area contributed by atoms with Gasteiger partial charge in [-0.15, -0.1) is 0 Å². The summed E-state index contributed by atoms with van der Waals surface area (Å²) in [6, 6.07) is 9.32. The van der Waals surface area contributed by atoms with Gasteiger partial charge >= 0.3 is 0 Å².